The Morgan fingerprint density at radius 3 is 2.28 bits per heavy atom. The van der Waals surface area contributed by atoms with Crippen LogP contribution < -0.4 is 20.5 Å². The van der Waals surface area contributed by atoms with Gasteiger partial charge in [0, 0.05) is 5.69 Å². The number of imidazole rings is 1. The van der Waals surface area contributed by atoms with E-state index in [1.54, 1.807) is 42.5 Å². The second kappa shape index (κ2) is 8.35. The predicted molar refractivity (Wildman–Crippen MR) is 110 cm³/mol. The maximum absolute atomic E-state index is 12.1. The summed E-state index contributed by atoms with van der Waals surface area (Å²) in [5.74, 6) is 0.990. The lowest BCUT2D eigenvalue weighted by molar-refractivity contribution is -0.118. The molecule has 0 unspecified atom stereocenters. The third-order valence-corrected chi connectivity index (χ3v) is 4.24. The number of hydrogen-bond donors (Lipinski definition) is 3. The number of aromatic nitrogens is 2. The third kappa shape index (κ3) is 4.84. The van der Waals surface area contributed by atoms with E-state index in [1.165, 1.54) is 0 Å². The first-order valence-electron chi connectivity index (χ1n) is 9.07. The Kier molecular flexibility index (Phi) is 5.29. The number of rotatable bonds is 7. The molecule has 0 aliphatic carbocycles. The molecule has 0 saturated heterocycles. The molecular weight excluding hydrogens is 370 g/mol. The Hall–Kier alpha value is -4.00. The molecule has 0 saturated carbocycles. The van der Waals surface area contributed by atoms with E-state index in [0.717, 1.165) is 11.3 Å². The molecule has 0 spiro atoms. The van der Waals surface area contributed by atoms with Crippen molar-refractivity contribution in [2.24, 2.45) is 0 Å². The largest absolute Gasteiger partial charge is 0.489 e. The summed E-state index contributed by atoms with van der Waals surface area (Å²) < 4.78 is 11.2. The molecule has 0 atom stereocenters. The van der Waals surface area contributed by atoms with E-state index in [-0.39, 0.29) is 18.2 Å². The fraction of sp³-hybridized carbons (Fsp3) is 0.0909. The van der Waals surface area contributed by atoms with Gasteiger partial charge in [-0.15, -0.1) is 0 Å². The van der Waals surface area contributed by atoms with E-state index >= 15 is 0 Å². The first-order chi connectivity index (χ1) is 14.2. The van der Waals surface area contributed by atoms with Gasteiger partial charge in [-0.3, -0.25) is 4.79 Å². The molecule has 4 rings (SSSR count). The topological polar surface area (TPSA) is 96.2 Å². The number of carbonyl (C=O) groups is 1. The normalized spacial score (nSPS) is 10.6. The first kappa shape index (κ1) is 18.4. The highest BCUT2D eigenvalue weighted by atomic mass is 16.5. The van der Waals surface area contributed by atoms with Crippen LogP contribution in [0.15, 0.2) is 77.6 Å². The molecule has 0 radical (unpaired) electrons. The zero-order valence-corrected chi connectivity index (χ0v) is 15.5. The standard InChI is InChI=1S/C22H19N3O4/c26-21(23-16-6-11-19-20(12-16)25-22(27)24-19)14-29-18-9-7-17(8-10-18)28-13-15-4-2-1-3-5-15/h1-12H,13-14H2,(H,23,26)(H2,24,25,27). The second-order valence-corrected chi connectivity index (χ2v) is 6.42. The average Bonchev–Trinajstić information content (AvgIpc) is 3.11. The van der Waals surface area contributed by atoms with Gasteiger partial charge < -0.3 is 24.8 Å². The van der Waals surface area contributed by atoms with E-state index in [4.69, 9.17) is 9.47 Å². The molecule has 4 aromatic rings. The van der Waals surface area contributed by atoms with Crippen molar-refractivity contribution in [3.05, 3.63) is 88.8 Å². The van der Waals surface area contributed by atoms with Gasteiger partial charge in [-0.2, -0.15) is 0 Å². The van der Waals surface area contributed by atoms with E-state index in [0.29, 0.717) is 29.1 Å². The van der Waals surface area contributed by atoms with Crippen LogP contribution in [-0.4, -0.2) is 22.5 Å². The van der Waals surface area contributed by atoms with Crippen LogP contribution in [0.25, 0.3) is 11.0 Å². The van der Waals surface area contributed by atoms with Crippen LogP contribution in [0, 0.1) is 0 Å². The SMILES string of the molecule is O=C(COc1ccc(OCc2ccccc2)cc1)Nc1ccc2[nH]c(=O)[nH]c2c1. The number of hydrogen-bond acceptors (Lipinski definition) is 4. The van der Waals surface area contributed by atoms with Crippen molar-refractivity contribution in [1.82, 2.24) is 9.97 Å². The minimum absolute atomic E-state index is 0.133. The maximum atomic E-state index is 12.1. The molecule has 1 amide bonds. The molecule has 1 aromatic heterocycles. The van der Waals surface area contributed by atoms with Crippen LogP contribution >= 0.6 is 0 Å². The summed E-state index contributed by atoms with van der Waals surface area (Å²) in [6.07, 6.45) is 0. The summed E-state index contributed by atoms with van der Waals surface area (Å²) >= 11 is 0. The molecule has 0 aliphatic rings. The zero-order valence-electron chi connectivity index (χ0n) is 15.5. The number of benzene rings is 3. The highest BCUT2D eigenvalue weighted by Crippen LogP contribution is 2.19. The molecule has 146 valence electrons. The molecule has 0 aliphatic heterocycles. The van der Waals surface area contributed by atoms with Crippen molar-refractivity contribution in [2.75, 3.05) is 11.9 Å². The molecule has 0 bridgehead atoms. The smallest absolute Gasteiger partial charge is 0.323 e. The van der Waals surface area contributed by atoms with Crippen LogP contribution in [0.4, 0.5) is 5.69 Å². The Bertz CT molecular complexity index is 1160. The summed E-state index contributed by atoms with van der Waals surface area (Å²) in [6.45, 7) is 0.353. The first-order valence-corrected chi connectivity index (χ1v) is 9.07. The summed E-state index contributed by atoms with van der Waals surface area (Å²) in [6, 6.07) is 22.1. The summed E-state index contributed by atoms with van der Waals surface area (Å²) in [5, 5.41) is 2.74. The summed E-state index contributed by atoms with van der Waals surface area (Å²) in [5.41, 5.74) is 2.68. The monoisotopic (exact) mass is 389 g/mol. The van der Waals surface area contributed by atoms with Gasteiger partial charge in [-0.05, 0) is 48.0 Å². The van der Waals surface area contributed by atoms with Crippen LogP contribution in [0.3, 0.4) is 0 Å². The van der Waals surface area contributed by atoms with Crippen LogP contribution in [0.2, 0.25) is 0 Å². The summed E-state index contributed by atoms with van der Waals surface area (Å²) in [7, 11) is 0. The van der Waals surface area contributed by atoms with Crippen LogP contribution in [0.1, 0.15) is 5.56 Å². The van der Waals surface area contributed by atoms with Crippen molar-refractivity contribution < 1.29 is 14.3 Å². The minimum Gasteiger partial charge on any atom is -0.489 e. The Morgan fingerprint density at radius 1 is 0.828 bits per heavy atom. The Morgan fingerprint density at radius 2 is 1.52 bits per heavy atom. The molecule has 1 heterocycles. The van der Waals surface area contributed by atoms with Gasteiger partial charge in [0.2, 0.25) is 0 Å². The lowest BCUT2D eigenvalue weighted by Crippen LogP contribution is -2.20. The van der Waals surface area contributed by atoms with E-state index < -0.39 is 0 Å². The molecule has 7 heteroatoms. The average molecular weight is 389 g/mol. The molecule has 3 N–H and O–H groups in total. The zero-order chi connectivity index (χ0) is 20.1. The number of H-pyrrole nitrogens is 2. The molecule has 7 nitrogen and oxygen atoms in total. The summed E-state index contributed by atoms with van der Waals surface area (Å²) in [4.78, 5) is 28.7. The van der Waals surface area contributed by atoms with Crippen LogP contribution in [-0.2, 0) is 11.4 Å². The van der Waals surface area contributed by atoms with Gasteiger partial charge in [0.05, 0.1) is 11.0 Å². The fourth-order valence-corrected chi connectivity index (χ4v) is 2.83. The molecule has 0 fully saturated rings. The number of amides is 1. The Balaban J connectivity index is 1.27. The van der Waals surface area contributed by atoms with Crippen molar-refractivity contribution in [1.29, 1.82) is 0 Å². The second-order valence-electron chi connectivity index (χ2n) is 6.42. The van der Waals surface area contributed by atoms with Crippen molar-refractivity contribution in [3.8, 4) is 11.5 Å². The number of carbonyl (C=O) groups excluding carboxylic acids is 1. The lowest BCUT2D eigenvalue weighted by atomic mass is 10.2. The van der Waals surface area contributed by atoms with Crippen LogP contribution in [0.5, 0.6) is 11.5 Å². The fourth-order valence-electron chi connectivity index (χ4n) is 2.83. The molecule has 3 aromatic carbocycles. The highest BCUT2D eigenvalue weighted by Gasteiger charge is 2.06. The predicted octanol–water partition coefficient (Wildman–Crippen LogP) is 3.45. The molecule has 29 heavy (non-hydrogen) atoms. The van der Waals surface area contributed by atoms with Gasteiger partial charge in [0.1, 0.15) is 18.1 Å². The van der Waals surface area contributed by atoms with Crippen molar-refractivity contribution in [2.45, 2.75) is 6.61 Å². The van der Waals surface area contributed by atoms with Gasteiger partial charge in [0.15, 0.2) is 6.61 Å². The lowest BCUT2D eigenvalue weighted by Gasteiger charge is -2.09. The quantitative estimate of drug-likeness (QED) is 0.451. The van der Waals surface area contributed by atoms with Crippen molar-refractivity contribution in [3.63, 3.8) is 0 Å². The number of fused-ring (bicyclic) bond motifs is 1. The number of ether oxygens (including phenoxy) is 2. The van der Waals surface area contributed by atoms with Crippen molar-refractivity contribution >= 4 is 22.6 Å². The van der Waals surface area contributed by atoms with Gasteiger partial charge >= 0.3 is 5.69 Å². The highest BCUT2D eigenvalue weighted by molar-refractivity contribution is 5.93. The maximum Gasteiger partial charge on any atom is 0.323 e. The minimum atomic E-state index is -0.299. The number of nitrogens with one attached hydrogen (secondary N) is 3. The van der Waals surface area contributed by atoms with E-state index in [1.807, 2.05) is 30.3 Å². The van der Waals surface area contributed by atoms with E-state index in [2.05, 4.69) is 15.3 Å². The van der Waals surface area contributed by atoms with Gasteiger partial charge in [0.25, 0.3) is 5.91 Å². The number of aromatic amines is 2. The van der Waals surface area contributed by atoms with Gasteiger partial charge in [-0.25, -0.2) is 4.79 Å². The Labute approximate surface area is 166 Å². The van der Waals surface area contributed by atoms with E-state index in [9.17, 15) is 9.59 Å². The molecular formula is C22H19N3O4. The number of anilines is 1. The van der Waals surface area contributed by atoms with Gasteiger partial charge in [-0.1, -0.05) is 30.3 Å². The third-order valence-electron chi connectivity index (χ3n) is 4.24.